The van der Waals surface area contributed by atoms with Crippen LogP contribution in [0.1, 0.15) is 19.4 Å². The molecule has 0 saturated carbocycles. The molecule has 3 aromatic carbocycles. The van der Waals surface area contributed by atoms with E-state index < -0.39 is 34.3 Å². The number of anilines is 1. The van der Waals surface area contributed by atoms with Gasteiger partial charge >= 0.3 is 0 Å². The number of halogens is 1. The largest absolute Gasteiger partial charge is 0.355 e. The number of likely N-dealkylation sites (N-methyl/N-ethyl adjacent to an activating group) is 1. The second kappa shape index (κ2) is 11.6. The SMILES string of the molecule is CCNC(=O)[C@H](C)N(Cc1ccc(F)cc1)C(=O)CN(c1ccccc1)S(=O)(=O)c1ccccc1. The fourth-order valence-corrected chi connectivity index (χ4v) is 4.97. The lowest BCUT2D eigenvalue weighted by Crippen LogP contribution is -2.51. The Bertz CT molecular complexity index is 1240. The third kappa shape index (κ3) is 6.45. The summed E-state index contributed by atoms with van der Waals surface area (Å²) in [5.74, 6) is -1.37. The summed E-state index contributed by atoms with van der Waals surface area (Å²) in [6, 6.07) is 20.9. The number of nitrogens with zero attached hydrogens (tertiary/aromatic N) is 2. The van der Waals surface area contributed by atoms with Crippen LogP contribution in [0.15, 0.2) is 89.8 Å². The molecule has 1 N–H and O–H groups in total. The Morgan fingerprint density at radius 1 is 0.914 bits per heavy atom. The van der Waals surface area contributed by atoms with Gasteiger partial charge in [-0.1, -0.05) is 48.5 Å². The van der Waals surface area contributed by atoms with Gasteiger partial charge in [0.25, 0.3) is 10.0 Å². The number of hydrogen-bond acceptors (Lipinski definition) is 4. The van der Waals surface area contributed by atoms with Crippen LogP contribution >= 0.6 is 0 Å². The highest BCUT2D eigenvalue weighted by atomic mass is 32.2. The number of nitrogens with one attached hydrogen (secondary N) is 1. The van der Waals surface area contributed by atoms with Crippen molar-refractivity contribution < 1.29 is 22.4 Å². The Kier molecular flexibility index (Phi) is 8.59. The minimum atomic E-state index is -4.08. The maximum atomic E-state index is 13.6. The van der Waals surface area contributed by atoms with Crippen LogP contribution in [0.5, 0.6) is 0 Å². The first kappa shape index (κ1) is 25.9. The van der Waals surface area contributed by atoms with Crippen molar-refractivity contribution in [1.29, 1.82) is 0 Å². The number of amides is 2. The molecule has 0 spiro atoms. The summed E-state index contributed by atoms with van der Waals surface area (Å²) >= 11 is 0. The summed E-state index contributed by atoms with van der Waals surface area (Å²) in [4.78, 5) is 27.5. The molecule has 9 heteroatoms. The Morgan fingerprint density at radius 2 is 1.49 bits per heavy atom. The fourth-order valence-electron chi connectivity index (χ4n) is 3.53. The quantitative estimate of drug-likeness (QED) is 0.464. The predicted octanol–water partition coefficient (Wildman–Crippen LogP) is 3.57. The van der Waals surface area contributed by atoms with Gasteiger partial charge in [0.15, 0.2) is 0 Å². The maximum Gasteiger partial charge on any atom is 0.264 e. The van der Waals surface area contributed by atoms with Crippen LogP contribution in [0.3, 0.4) is 0 Å². The minimum Gasteiger partial charge on any atom is -0.355 e. The molecule has 0 aliphatic rings. The van der Waals surface area contributed by atoms with Crippen LogP contribution in [-0.4, -0.2) is 44.3 Å². The Labute approximate surface area is 205 Å². The van der Waals surface area contributed by atoms with E-state index in [0.717, 1.165) is 4.31 Å². The van der Waals surface area contributed by atoms with Gasteiger partial charge in [-0.25, -0.2) is 12.8 Å². The van der Waals surface area contributed by atoms with E-state index in [9.17, 15) is 22.4 Å². The molecule has 0 fully saturated rings. The highest BCUT2D eigenvalue weighted by molar-refractivity contribution is 7.92. The van der Waals surface area contributed by atoms with Gasteiger partial charge in [-0.05, 0) is 55.8 Å². The zero-order valence-electron chi connectivity index (χ0n) is 19.6. The molecule has 0 aliphatic heterocycles. The molecule has 2 amide bonds. The number of benzene rings is 3. The van der Waals surface area contributed by atoms with Gasteiger partial charge in [0.1, 0.15) is 18.4 Å². The van der Waals surface area contributed by atoms with Crippen molar-refractivity contribution in [2.75, 3.05) is 17.4 Å². The lowest BCUT2D eigenvalue weighted by Gasteiger charge is -2.32. The second-order valence-corrected chi connectivity index (χ2v) is 9.74. The first-order chi connectivity index (χ1) is 16.7. The normalized spacial score (nSPS) is 12.0. The molecule has 184 valence electrons. The van der Waals surface area contributed by atoms with E-state index in [2.05, 4.69) is 5.32 Å². The van der Waals surface area contributed by atoms with E-state index in [1.54, 1.807) is 62.4 Å². The van der Waals surface area contributed by atoms with Crippen molar-refractivity contribution in [2.45, 2.75) is 31.3 Å². The zero-order chi connectivity index (χ0) is 25.4. The molecule has 0 aliphatic carbocycles. The molecule has 0 bridgehead atoms. The first-order valence-corrected chi connectivity index (χ1v) is 12.6. The van der Waals surface area contributed by atoms with Gasteiger partial charge in [0.2, 0.25) is 11.8 Å². The zero-order valence-corrected chi connectivity index (χ0v) is 20.4. The standard InChI is InChI=1S/C26H28FN3O4S/c1-3-28-26(32)20(2)29(18-21-14-16-22(27)17-15-21)25(31)19-30(23-10-6-4-7-11-23)35(33,34)24-12-8-5-9-13-24/h4-17,20H,3,18-19H2,1-2H3,(H,28,32)/t20-/m0/s1. The van der Waals surface area contributed by atoms with Crippen molar-refractivity contribution in [3.05, 3.63) is 96.3 Å². The molecule has 0 unspecified atom stereocenters. The topological polar surface area (TPSA) is 86.8 Å². The van der Waals surface area contributed by atoms with Crippen LogP contribution in [0, 0.1) is 5.82 Å². The average Bonchev–Trinajstić information content (AvgIpc) is 2.87. The molecule has 0 heterocycles. The highest BCUT2D eigenvalue weighted by Crippen LogP contribution is 2.24. The monoisotopic (exact) mass is 497 g/mol. The molecule has 35 heavy (non-hydrogen) atoms. The lowest BCUT2D eigenvalue weighted by molar-refractivity contribution is -0.139. The van der Waals surface area contributed by atoms with Crippen LogP contribution in [-0.2, 0) is 26.2 Å². The molecule has 3 rings (SSSR count). The molecular formula is C26H28FN3O4S. The molecule has 0 saturated heterocycles. The number of hydrogen-bond donors (Lipinski definition) is 1. The second-order valence-electron chi connectivity index (χ2n) is 7.88. The van der Waals surface area contributed by atoms with Gasteiger partial charge < -0.3 is 10.2 Å². The fraction of sp³-hybridized carbons (Fsp3) is 0.231. The Morgan fingerprint density at radius 3 is 2.06 bits per heavy atom. The van der Waals surface area contributed by atoms with Crippen molar-refractivity contribution in [2.24, 2.45) is 0 Å². The predicted molar refractivity (Wildman–Crippen MR) is 133 cm³/mol. The molecule has 1 atom stereocenters. The molecular weight excluding hydrogens is 469 g/mol. The summed E-state index contributed by atoms with van der Waals surface area (Å²) < 4.78 is 41.5. The highest BCUT2D eigenvalue weighted by Gasteiger charge is 2.32. The van der Waals surface area contributed by atoms with Crippen molar-refractivity contribution >= 4 is 27.5 Å². The van der Waals surface area contributed by atoms with E-state index in [-0.39, 0.29) is 17.3 Å². The summed E-state index contributed by atoms with van der Waals surface area (Å²) in [6.45, 7) is 3.20. The van der Waals surface area contributed by atoms with Crippen molar-refractivity contribution in [3.63, 3.8) is 0 Å². The molecule has 7 nitrogen and oxygen atoms in total. The van der Waals surface area contributed by atoms with E-state index in [1.807, 2.05) is 0 Å². The molecule has 0 aromatic heterocycles. The molecule has 3 aromatic rings. The summed E-state index contributed by atoms with van der Waals surface area (Å²) in [5.41, 5.74) is 0.921. The molecule has 0 radical (unpaired) electrons. The number of carbonyl (C=O) groups is 2. The average molecular weight is 498 g/mol. The van der Waals surface area contributed by atoms with Crippen LogP contribution in [0.4, 0.5) is 10.1 Å². The summed E-state index contributed by atoms with van der Waals surface area (Å²) in [7, 11) is -4.08. The van der Waals surface area contributed by atoms with Gasteiger partial charge in [-0.3, -0.25) is 13.9 Å². The Hall–Kier alpha value is -3.72. The van der Waals surface area contributed by atoms with Crippen molar-refractivity contribution in [3.8, 4) is 0 Å². The minimum absolute atomic E-state index is 0.00539. The number of rotatable bonds is 10. The van der Waals surface area contributed by atoms with Gasteiger partial charge in [0.05, 0.1) is 10.6 Å². The third-order valence-corrected chi connectivity index (χ3v) is 7.23. The van der Waals surface area contributed by atoms with E-state index in [0.29, 0.717) is 17.8 Å². The van der Waals surface area contributed by atoms with Gasteiger partial charge in [-0.2, -0.15) is 0 Å². The lowest BCUT2D eigenvalue weighted by atomic mass is 10.1. The number of carbonyl (C=O) groups excluding carboxylic acids is 2. The van der Waals surface area contributed by atoms with E-state index in [4.69, 9.17) is 0 Å². The number of sulfonamides is 1. The third-order valence-electron chi connectivity index (χ3n) is 5.44. The van der Waals surface area contributed by atoms with E-state index >= 15 is 0 Å². The summed E-state index contributed by atoms with van der Waals surface area (Å²) in [5, 5.41) is 2.69. The van der Waals surface area contributed by atoms with Crippen LogP contribution < -0.4 is 9.62 Å². The van der Waals surface area contributed by atoms with Gasteiger partial charge in [0, 0.05) is 13.1 Å². The Balaban J connectivity index is 1.98. The first-order valence-electron chi connectivity index (χ1n) is 11.2. The van der Waals surface area contributed by atoms with Crippen LogP contribution in [0.25, 0.3) is 0 Å². The van der Waals surface area contributed by atoms with E-state index in [1.165, 1.54) is 41.3 Å². The van der Waals surface area contributed by atoms with Crippen molar-refractivity contribution in [1.82, 2.24) is 10.2 Å². The smallest absolute Gasteiger partial charge is 0.264 e. The summed E-state index contributed by atoms with van der Waals surface area (Å²) in [6.07, 6.45) is 0. The van der Waals surface area contributed by atoms with Crippen LogP contribution in [0.2, 0.25) is 0 Å². The number of para-hydroxylation sites is 1. The maximum absolute atomic E-state index is 13.6. The van der Waals surface area contributed by atoms with Gasteiger partial charge in [-0.15, -0.1) is 0 Å².